The van der Waals surface area contributed by atoms with Crippen LogP contribution in [-0.4, -0.2) is 25.4 Å². The number of rotatable bonds is 6. The fraction of sp³-hybridized carbons (Fsp3) is 0.571. The fourth-order valence-corrected chi connectivity index (χ4v) is 1.97. The lowest BCUT2D eigenvalue weighted by molar-refractivity contribution is 0.132. The largest absolute Gasteiger partial charge is 0.497 e. The van der Waals surface area contributed by atoms with Gasteiger partial charge in [-0.3, -0.25) is 0 Å². The summed E-state index contributed by atoms with van der Waals surface area (Å²) in [5.74, 6) is 1.74. The molecule has 0 aliphatic heterocycles. The van der Waals surface area contributed by atoms with Crippen LogP contribution in [0.15, 0.2) is 18.2 Å². The van der Waals surface area contributed by atoms with E-state index in [1.807, 2.05) is 0 Å². The lowest BCUT2D eigenvalue weighted by atomic mass is 9.95. The zero-order valence-corrected chi connectivity index (χ0v) is 11.5. The van der Waals surface area contributed by atoms with Crippen LogP contribution in [0.4, 0.5) is 0 Å². The first-order chi connectivity index (χ1) is 8.49. The van der Waals surface area contributed by atoms with E-state index in [4.69, 9.17) is 15.2 Å². The quantitative estimate of drug-likeness (QED) is 0.815. The highest BCUT2D eigenvalue weighted by atomic mass is 16.5. The van der Waals surface area contributed by atoms with E-state index in [-0.39, 0.29) is 6.04 Å². The molecule has 0 aliphatic rings. The van der Waals surface area contributed by atoms with Crippen molar-refractivity contribution < 1.29 is 14.6 Å². The molecule has 0 aliphatic carbocycles. The van der Waals surface area contributed by atoms with Crippen molar-refractivity contribution >= 4 is 0 Å². The number of nitrogens with two attached hydrogens (primary N) is 1. The molecule has 0 saturated heterocycles. The Bertz CT molecular complexity index is 379. The summed E-state index contributed by atoms with van der Waals surface area (Å²) < 4.78 is 10.4. The van der Waals surface area contributed by atoms with Crippen LogP contribution in [-0.2, 0) is 0 Å². The smallest absolute Gasteiger partial charge is 0.128 e. The van der Waals surface area contributed by atoms with Gasteiger partial charge in [-0.25, -0.2) is 0 Å². The molecule has 102 valence electrons. The molecule has 1 aromatic carbocycles. The lowest BCUT2D eigenvalue weighted by Crippen LogP contribution is -2.30. The molecule has 2 unspecified atom stereocenters. The average Bonchev–Trinajstić information content (AvgIpc) is 2.36. The van der Waals surface area contributed by atoms with Gasteiger partial charge in [0.25, 0.3) is 0 Å². The molecule has 0 fully saturated rings. The van der Waals surface area contributed by atoms with Gasteiger partial charge < -0.3 is 20.3 Å². The second kappa shape index (κ2) is 6.61. The van der Waals surface area contributed by atoms with E-state index < -0.39 is 6.10 Å². The number of aliphatic hydroxyl groups excluding tert-OH is 1. The molecule has 1 rings (SSSR count). The fourth-order valence-electron chi connectivity index (χ4n) is 1.97. The van der Waals surface area contributed by atoms with Crippen molar-refractivity contribution in [3.8, 4) is 11.5 Å². The Kier molecular flexibility index (Phi) is 5.44. The van der Waals surface area contributed by atoms with Gasteiger partial charge >= 0.3 is 0 Å². The zero-order chi connectivity index (χ0) is 13.7. The van der Waals surface area contributed by atoms with E-state index in [9.17, 15) is 5.11 Å². The van der Waals surface area contributed by atoms with Crippen molar-refractivity contribution in [1.82, 2.24) is 0 Å². The molecule has 0 bridgehead atoms. The molecule has 3 N–H and O–H groups in total. The molecule has 0 saturated carbocycles. The molecule has 4 nitrogen and oxygen atoms in total. The first-order valence-electron chi connectivity index (χ1n) is 6.15. The standard InChI is InChI=1S/C14H23NO3/c1-9(2)7-12(15)14(16)11-6-5-10(17-3)8-13(11)18-4/h5-6,8-9,12,14,16H,7,15H2,1-4H3. The Morgan fingerprint density at radius 3 is 2.39 bits per heavy atom. The maximum absolute atomic E-state index is 10.3. The minimum atomic E-state index is -0.728. The van der Waals surface area contributed by atoms with Crippen molar-refractivity contribution in [2.45, 2.75) is 32.4 Å². The van der Waals surface area contributed by atoms with Gasteiger partial charge in [0, 0.05) is 17.7 Å². The van der Waals surface area contributed by atoms with Crippen molar-refractivity contribution in [3.05, 3.63) is 23.8 Å². The Hall–Kier alpha value is -1.26. The SMILES string of the molecule is COc1ccc(C(O)C(N)CC(C)C)c(OC)c1. The van der Waals surface area contributed by atoms with Gasteiger partial charge in [0.05, 0.1) is 20.3 Å². The highest BCUT2D eigenvalue weighted by molar-refractivity contribution is 5.42. The molecule has 0 spiro atoms. The van der Waals surface area contributed by atoms with Crippen molar-refractivity contribution in [3.63, 3.8) is 0 Å². The van der Waals surface area contributed by atoms with Crippen LogP contribution in [0.2, 0.25) is 0 Å². The Labute approximate surface area is 109 Å². The summed E-state index contributed by atoms with van der Waals surface area (Å²) >= 11 is 0. The highest BCUT2D eigenvalue weighted by Crippen LogP contribution is 2.31. The molecule has 0 heterocycles. The van der Waals surface area contributed by atoms with E-state index in [0.717, 1.165) is 6.42 Å². The molecule has 18 heavy (non-hydrogen) atoms. The number of methoxy groups -OCH3 is 2. The highest BCUT2D eigenvalue weighted by Gasteiger charge is 2.21. The lowest BCUT2D eigenvalue weighted by Gasteiger charge is -2.22. The zero-order valence-electron chi connectivity index (χ0n) is 11.5. The number of hydrogen-bond donors (Lipinski definition) is 2. The van der Waals surface area contributed by atoms with E-state index in [1.54, 1.807) is 32.4 Å². The number of hydrogen-bond acceptors (Lipinski definition) is 4. The van der Waals surface area contributed by atoms with E-state index in [2.05, 4.69) is 13.8 Å². The van der Waals surface area contributed by atoms with Crippen LogP contribution < -0.4 is 15.2 Å². The molecule has 0 radical (unpaired) electrons. The molecular formula is C14H23NO3. The van der Waals surface area contributed by atoms with E-state index in [1.165, 1.54) is 0 Å². The summed E-state index contributed by atoms with van der Waals surface area (Å²) in [6, 6.07) is 5.04. The summed E-state index contributed by atoms with van der Waals surface area (Å²) in [6.45, 7) is 4.16. The molecular weight excluding hydrogens is 230 g/mol. The number of aliphatic hydroxyl groups is 1. The Morgan fingerprint density at radius 1 is 1.22 bits per heavy atom. The number of benzene rings is 1. The molecule has 1 aromatic rings. The summed E-state index contributed by atoms with van der Waals surface area (Å²) in [7, 11) is 3.16. The summed E-state index contributed by atoms with van der Waals surface area (Å²) in [5, 5.41) is 10.3. The topological polar surface area (TPSA) is 64.7 Å². The second-order valence-electron chi connectivity index (χ2n) is 4.85. The van der Waals surface area contributed by atoms with Crippen LogP contribution >= 0.6 is 0 Å². The molecule has 2 atom stereocenters. The van der Waals surface area contributed by atoms with E-state index >= 15 is 0 Å². The second-order valence-corrected chi connectivity index (χ2v) is 4.85. The van der Waals surface area contributed by atoms with Gasteiger partial charge in [0.15, 0.2) is 0 Å². The van der Waals surface area contributed by atoms with Gasteiger partial charge in [0.1, 0.15) is 11.5 Å². The first kappa shape index (κ1) is 14.8. The third kappa shape index (κ3) is 3.62. The monoisotopic (exact) mass is 253 g/mol. The van der Waals surface area contributed by atoms with Crippen LogP contribution in [0.25, 0.3) is 0 Å². The summed E-state index contributed by atoms with van der Waals surface area (Å²) in [5.41, 5.74) is 6.71. The van der Waals surface area contributed by atoms with Crippen LogP contribution in [0.5, 0.6) is 11.5 Å². The average molecular weight is 253 g/mol. The molecule has 4 heteroatoms. The van der Waals surface area contributed by atoms with Gasteiger partial charge in [0.2, 0.25) is 0 Å². The van der Waals surface area contributed by atoms with Crippen LogP contribution in [0.1, 0.15) is 31.9 Å². The first-order valence-corrected chi connectivity index (χ1v) is 6.15. The van der Waals surface area contributed by atoms with Gasteiger partial charge in [-0.05, 0) is 24.5 Å². The van der Waals surface area contributed by atoms with Gasteiger partial charge in [-0.2, -0.15) is 0 Å². The summed E-state index contributed by atoms with van der Waals surface area (Å²) in [6.07, 6.45) is 0.0318. The predicted octanol–water partition coefficient (Wildman–Crippen LogP) is 2.11. The van der Waals surface area contributed by atoms with Gasteiger partial charge in [-0.1, -0.05) is 13.8 Å². The molecule has 0 amide bonds. The normalized spacial score (nSPS) is 14.4. The van der Waals surface area contributed by atoms with Gasteiger partial charge in [-0.15, -0.1) is 0 Å². The Morgan fingerprint density at radius 2 is 1.89 bits per heavy atom. The van der Waals surface area contributed by atoms with Crippen LogP contribution in [0, 0.1) is 5.92 Å². The van der Waals surface area contributed by atoms with Crippen molar-refractivity contribution in [2.24, 2.45) is 11.7 Å². The Balaban J connectivity index is 2.93. The molecule has 0 aromatic heterocycles. The number of ether oxygens (including phenoxy) is 2. The van der Waals surface area contributed by atoms with Crippen molar-refractivity contribution in [2.75, 3.05) is 14.2 Å². The van der Waals surface area contributed by atoms with E-state index in [0.29, 0.717) is 23.0 Å². The summed E-state index contributed by atoms with van der Waals surface area (Å²) in [4.78, 5) is 0. The third-order valence-electron chi connectivity index (χ3n) is 2.91. The van der Waals surface area contributed by atoms with Crippen molar-refractivity contribution in [1.29, 1.82) is 0 Å². The maximum Gasteiger partial charge on any atom is 0.128 e. The minimum Gasteiger partial charge on any atom is -0.497 e. The maximum atomic E-state index is 10.3. The third-order valence-corrected chi connectivity index (χ3v) is 2.91. The minimum absolute atomic E-state index is 0.299. The predicted molar refractivity (Wildman–Crippen MR) is 71.9 cm³/mol. The van der Waals surface area contributed by atoms with Crippen LogP contribution in [0.3, 0.4) is 0 Å².